The largest absolute Gasteiger partial charge is 0.497 e. The highest BCUT2D eigenvalue weighted by atomic mass is 35.5. The van der Waals surface area contributed by atoms with Crippen molar-refractivity contribution in [2.24, 2.45) is 0 Å². The number of anilines is 1. The molecule has 0 fully saturated rings. The molecule has 2 rings (SSSR count). The summed E-state index contributed by atoms with van der Waals surface area (Å²) in [6, 6.07) is 5.68. The molecule has 0 aromatic heterocycles. The molecule has 0 spiro atoms. The van der Waals surface area contributed by atoms with E-state index in [2.05, 4.69) is 4.72 Å². The zero-order valence-electron chi connectivity index (χ0n) is 15.8. The van der Waals surface area contributed by atoms with Crippen LogP contribution in [-0.2, 0) is 10.0 Å². The maximum Gasteiger partial charge on any atom is 0.262 e. The molecule has 2 aromatic carbocycles. The number of carbonyl (C=O) groups is 1. The van der Waals surface area contributed by atoms with Crippen molar-refractivity contribution in [1.29, 1.82) is 0 Å². The smallest absolute Gasteiger partial charge is 0.262 e. The quantitative estimate of drug-likeness (QED) is 0.332. The Labute approximate surface area is 172 Å². The Hall–Kier alpha value is -2.39. The van der Waals surface area contributed by atoms with Gasteiger partial charge in [0.05, 0.1) is 30.4 Å². The first-order chi connectivity index (χ1) is 13.7. The number of hydrogen-bond donors (Lipinski definition) is 1. The predicted octanol–water partition coefficient (Wildman–Crippen LogP) is 4.37. The van der Waals surface area contributed by atoms with Crippen molar-refractivity contribution < 1.29 is 31.5 Å². The van der Waals surface area contributed by atoms with Gasteiger partial charge >= 0.3 is 0 Å². The summed E-state index contributed by atoms with van der Waals surface area (Å²) in [6.45, 7) is 0. The van der Waals surface area contributed by atoms with Crippen LogP contribution >= 0.6 is 11.6 Å². The predicted molar refractivity (Wildman–Crippen MR) is 106 cm³/mol. The molecule has 158 valence electrons. The number of nitrogens with one attached hydrogen (secondary N) is 1. The standard InChI is InChI=1S/C19H20ClF2NO5S/c1-27-12-6-7-16(18(9-12)28-2)23-29(25,26)13-10-14(19(22)15(21)11-13)17(24)5-3-4-8-20/h6-7,9-11,23H,3-5,8H2,1-2H3. The Morgan fingerprint density at radius 2 is 1.83 bits per heavy atom. The molecule has 0 amide bonds. The summed E-state index contributed by atoms with van der Waals surface area (Å²) in [4.78, 5) is 11.6. The lowest BCUT2D eigenvalue weighted by Gasteiger charge is -2.14. The third kappa shape index (κ3) is 5.57. The number of halogens is 3. The molecular formula is C19H20ClF2NO5S. The van der Waals surface area contributed by atoms with E-state index in [0.717, 1.165) is 6.07 Å². The van der Waals surface area contributed by atoms with E-state index >= 15 is 0 Å². The van der Waals surface area contributed by atoms with Gasteiger partial charge in [-0.25, -0.2) is 17.2 Å². The van der Waals surface area contributed by atoms with Gasteiger partial charge in [-0.05, 0) is 37.1 Å². The second-order valence-electron chi connectivity index (χ2n) is 6.01. The summed E-state index contributed by atoms with van der Waals surface area (Å²) < 4.78 is 65.9. The number of Topliss-reactive ketones (excluding diaryl/α,β-unsaturated/α-hetero) is 1. The Morgan fingerprint density at radius 3 is 2.45 bits per heavy atom. The minimum atomic E-state index is -4.34. The Balaban J connectivity index is 2.39. The molecule has 0 aliphatic carbocycles. The van der Waals surface area contributed by atoms with Crippen molar-refractivity contribution in [3.05, 3.63) is 47.5 Å². The number of alkyl halides is 1. The van der Waals surface area contributed by atoms with Crippen LogP contribution in [0.4, 0.5) is 14.5 Å². The highest BCUT2D eigenvalue weighted by Crippen LogP contribution is 2.31. The van der Waals surface area contributed by atoms with Crippen molar-refractivity contribution in [2.75, 3.05) is 24.8 Å². The van der Waals surface area contributed by atoms with Crippen LogP contribution < -0.4 is 14.2 Å². The van der Waals surface area contributed by atoms with Crippen LogP contribution in [0.15, 0.2) is 35.2 Å². The number of carbonyl (C=O) groups excluding carboxylic acids is 1. The first-order valence-corrected chi connectivity index (χ1v) is 10.6. The van der Waals surface area contributed by atoms with Gasteiger partial charge in [0.15, 0.2) is 17.4 Å². The fourth-order valence-electron chi connectivity index (χ4n) is 2.52. The summed E-state index contributed by atoms with van der Waals surface area (Å²) in [5.74, 6) is -2.61. The van der Waals surface area contributed by atoms with Crippen LogP contribution in [0.25, 0.3) is 0 Å². The molecule has 0 atom stereocenters. The van der Waals surface area contributed by atoms with Gasteiger partial charge in [-0.1, -0.05) is 0 Å². The molecule has 0 heterocycles. The summed E-state index contributed by atoms with van der Waals surface area (Å²) in [6.07, 6.45) is 0.822. The molecule has 0 unspecified atom stereocenters. The molecule has 0 bridgehead atoms. The van der Waals surface area contributed by atoms with Gasteiger partial charge < -0.3 is 9.47 Å². The Bertz CT molecular complexity index is 998. The third-order valence-corrected chi connectivity index (χ3v) is 5.67. The van der Waals surface area contributed by atoms with Crippen LogP contribution in [0.1, 0.15) is 29.6 Å². The van der Waals surface area contributed by atoms with Crippen LogP contribution in [0.3, 0.4) is 0 Å². The second-order valence-corrected chi connectivity index (χ2v) is 8.07. The van der Waals surface area contributed by atoms with Crippen LogP contribution in [0.5, 0.6) is 11.5 Å². The van der Waals surface area contributed by atoms with Gasteiger partial charge in [0.1, 0.15) is 11.5 Å². The molecule has 0 radical (unpaired) electrons. The van der Waals surface area contributed by atoms with E-state index in [9.17, 15) is 22.0 Å². The number of sulfonamides is 1. The van der Waals surface area contributed by atoms with Gasteiger partial charge in [-0.3, -0.25) is 9.52 Å². The van der Waals surface area contributed by atoms with Gasteiger partial charge in [-0.15, -0.1) is 11.6 Å². The lowest BCUT2D eigenvalue weighted by Crippen LogP contribution is -2.16. The van der Waals surface area contributed by atoms with E-state index in [4.69, 9.17) is 21.1 Å². The lowest BCUT2D eigenvalue weighted by molar-refractivity contribution is 0.0974. The number of ketones is 1. The monoisotopic (exact) mass is 447 g/mol. The fraction of sp³-hybridized carbons (Fsp3) is 0.316. The minimum absolute atomic E-state index is 0.0630. The van der Waals surface area contributed by atoms with E-state index in [1.807, 2.05) is 0 Å². The summed E-state index contributed by atoms with van der Waals surface area (Å²) in [7, 11) is -1.57. The fourth-order valence-corrected chi connectivity index (χ4v) is 3.82. The van der Waals surface area contributed by atoms with Crippen molar-refractivity contribution in [2.45, 2.75) is 24.2 Å². The molecular weight excluding hydrogens is 428 g/mol. The van der Waals surface area contributed by atoms with Crippen LogP contribution in [0.2, 0.25) is 0 Å². The average Bonchev–Trinajstić information content (AvgIpc) is 2.69. The normalized spacial score (nSPS) is 11.2. The second kappa shape index (κ2) is 9.89. The van der Waals surface area contributed by atoms with Crippen molar-refractivity contribution in [3.63, 3.8) is 0 Å². The molecule has 29 heavy (non-hydrogen) atoms. The van der Waals surface area contributed by atoms with E-state index in [-0.39, 0.29) is 17.9 Å². The maximum absolute atomic E-state index is 14.1. The van der Waals surface area contributed by atoms with Gasteiger partial charge in [-0.2, -0.15) is 0 Å². The van der Waals surface area contributed by atoms with Crippen molar-refractivity contribution in [1.82, 2.24) is 0 Å². The third-order valence-electron chi connectivity index (χ3n) is 4.05. The molecule has 2 aromatic rings. The SMILES string of the molecule is COc1ccc(NS(=O)(=O)c2cc(F)c(F)c(C(=O)CCCCCl)c2)c(OC)c1. The van der Waals surface area contributed by atoms with E-state index in [1.54, 1.807) is 0 Å². The van der Waals surface area contributed by atoms with E-state index in [0.29, 0.717) is 30.5 Å². The number of benzene rings is 2. The zero-order chi connectivity index (χ0) is 21.6. The number of methoxy groups -OCH3 is 2. The zero-order valence-corrected chi connectivity index (χ0v) is 17.4. The highest BCUT2D eigenvalue weighted by Gasteiger charge is 2.24. The summed E-state index contributed by atoms with van der Waals surface area (Å²) >= 11 is 5.54. The number of hydrogen-bond acceptors (Lipinski definition) is 5. The number of unbranched alkanes of at least 4 members (excludes halogenated alkanes) is 1. The van der Waals surface area contributed by atoms with Crippen molar-refractivity contribution in [3.8, 4) is 11.5 Å². The molecule has 0 saturated carbocycles. The highest BCUT2D eigenvalue weighted by molar-refractivity contribution is 7.92. The summed E-state index contributed by atoms with van der Waals surface area (Å²) in [5.41, 5.74) is -0.560. The first-order valence-electron chi connectivity index (χ1n) is 8.56. The maximum atomic E-state index is 14.1. The Morgan fingerprint density at radius 1 is 1.10 bits per heavy atom. The van der Waals surface area contributed by atoms with Crippen LogP contribution in [-0.4, -0.2) is 34.3 Å². The number of rotatable bonds is 10. The molecule has 6 nitrogen and oxygen atoms in total. The van der Waals surface area contributed by atoms with E-state index < -0.39 is 37.9 Å². The number of ether oxygens (including phenoxy) is 2. The van der Waals surface area contributed by atoms with Gasteiger partial charge in [0.2, 0.25) is 0 Å². The molecule has 0 saturated heterocycles. The average molecular weight is 448 g/mol. The molecule has 10 heteroatoms. The molecule has 0 aliphatic heterocycles. The van der Waals surface area contributed by atoms with Crippen molar-refractivity contribution >= 4 is 33.1 Å². The lowest BCUT2D eigenvalue weighted by atomic mass is 10.0. The minimum Gasteiger partial charge on any atom is -0.497 e. The van der Waals surface area contributed by atoms with Gasteiger partial charge in [0, 0.05) is 18.4 Å². The topological polar surface area (TPSA) is 81.7 Å². The van der Waals surface area contributed by atoms with Gasteiger partial charge in [0.25, 0.3) is 10.0 Å². The Kier molecular flexibility index (Phi) is 7.80. The first kappa shape index (κ1) is 22.9. The molecule has 0 aliphatic rings. The molecule has 1 N–H and O–H groups in total. The van der Waals surface area contributed by atoms with E-state index in [1.165, 1.54) is 32.4 Å². The van der Waals surface area contributed by atoms with Crippen LogP contribution in [0, 0.1) is 11.6 Å². The summed E-state index contributed by atoms with van der Waals surface area (Å²) in [5, 5.41) is 0.